The van der Waals surface area contributed by atoms with Crippen LogP contribution in [0, 0.1) is 0 Å². The second-order valence-electron chi connectivity index (χ2n) is 13.3. The molecule has 268 valence electrons. The van der Waals surface area contributed by atoms with Gasteiger partial charge in [-0.1, -0.05) is 152 Å². The molecule has 6 aromatic rings. The first-order valence-electron chi connectivity index (χ1n) is 17.8. The summed E-state index contributed by atoms with van der Waals surface area (Å²) in [6.45, 7) is 0.0305. The number of hydrogen-bond acceptors (Lipinski definition) is 5. The number of nitrogens with one attached hydrogen (secondary N) is 2. The number of ether oxygens (including phenoxy) is 1. The van der Waals surface area contributed by atoms with Crippen LogP contribution in [0.15, 0.2) is 164 Å². The maximum absolute atomic E-state index is 14.4. The van der Waals surface area contributed by atoms with Gasteiger partial charge in [0.15, 0.2) is 5.78 Å². The smallest absolute Gasteiger partial charge is 0.407 e. The first kappa shape index (κ1) is 35.6. The van der Waals surface area contributed by atoms with Crippen LogP contribution < -0.4 is 10.6 Å². The van der Waals surface area contributed by atoms with E-state index in [4.69, 9.17) is 4.74 Å². The number of benzene rings is 6. The van der Waals surface area contributed by atoms with E-state index < -0.39 is 35.3 Å². The topological polar surface area (TPSA) is 122 Å². The Morgan fingerprint density at radius 3 is 1.56 bits per heavy atom. The molecule has 0 fully saturated rings. The molecule has 0 bridgehead atoms. The molecule has 3 N–H and O–H groups in total. The third-order valence-corrected chi connectivity index (χ3v) is 9.94. The van der Waals surface area contributed by atoms with Gasteiger partial charge in [0.2, 0.25) is 5.91 Å². The number of ketones is 1. The largest absolute Gasteiger partial charge is 0.478 e. The van der Waals surface area contributed by atoms with E-state index in [0.29, 0.717) is 5.56 Å². The van der Waals surface area contributed by atoms with Gasteiger partial charge in [0, 0.05) is 12.3 Å². The quantitative estimate of drug-likeness (QED) is 0.105. The van der Waals surface area contributed by atoms with Gasteiger partial charge in [-0.15, -0.1) is 0 Å². The number of hydrogen-bond donors (Lipinski definition) is 3. The third kappa shape index (κ3) is 7.41. The lowest BCUT2D eigenvalue weighted by molar-refractivity contribution is -0.127. The zero-order valence-electron chi connectivity index (χ0n) is 29.4. The van der Waals surface area contributed by atoms with Gasteiger partial charge in [0.1, 0.15) is 12.1 Å². The number of amides is 2. The molecule has 7 rings (SSSR count). The summed E-state index contributed by atoms with van der Waals surface area (Å²) in [5, 5.41) is 15.3. The van der Waals surface area contributed by atoms with E-state index in [-0.39, 0.29) is 30.9 Å². The highest BCUT2D eigenvalue weighted by Gasteiger charge is 2.39. The van der Waals surface area contributed by atoms with Crippen molar-refractivity contribution in [3.8, 4) is 11.1 Å². The average molecular weight is 715 g/mol. The third-order valence-electron chi connectivity index (χ3n) is 9.94. The fourth-order valence-electron chi connectivity index (χ4n) is 7.34. The number of alkyl carbamates (subject to hydrolysis) is 1. The van der Waals surface area contributed by atoms with Gasteiger partial charge in [-0.25, -0.2) is 9.59 Å². The minimum Gasteiger partial charge on any atom is -0.478 e. The fourth-order valence-corrected chi connectivity index (χ4v) is 7.34. The SMILES string of the molecule is O=C(C[C@H](NC(=O)OCC1c2ccccc2-c2ccccc21)C(=O)Cc1ccc(C(=O)O)cc1)NC(c1ccccc1)(c1ccccc1)c1ccccc1. The minimum absolute atomic E-state index is 0.0305. The molecule has 1 aliphatic rings. The number of fused-ring (bicyclic) bond motifs is 3. The van der Waals surface area contributed by atoms with Crippen LogP contribution in [0.3, 0.4) is 0 Å². The van der Waals surface area contributed by atoms with Gasteiger partial charge < -0.3 is 20.5 Å². The molecule has 2 amide bonds. The lowest BCUT2D eigenvalue weighted by atomic mass is 9.77. The van der Waals surface area contributed by atoms with E-state index in [1.54, 1.807) is 12.1 Å². The van der Waals surface area contributed by atoms with Crippen LogP contribution in [0.4, 0.5) is 4.79 Å². The van der Waals surface area contributed by atoms with Crippen LogP contribution >= 0.6 is 0 Å². The molecule has 0 unspecified atom stereocenters. The highest BCUT2D eigenvalue weighted by atomic mass is 16.5. The van der Waals surface area contributed by atoms with Gasteiger partial charge in [0.05, 0.1) is 18.0 Å². The molecule has 0 aromatic heterocycles. The van der Waals surface area contributed by atoms with E-state index in [1.165, 1.54) is 12.1 Å². The Labute approximate surface area is 313 Å². The molecular formula is C46H38N2O6. The monoisotopic (exact) mass is 714 g/mol. The maximum Gasteiger partial charge on any atom is 0.407 e. The first-order chi connectivity index (χ1) is 26.3. The predicted octanol–water partition coefficient (Wildman–Crippen LogP) is 7.90. The Balaban J connectivity index is 1.16. The summed E-state index contributed by atoms with van der Waals surface area (Å²) in [7, 11) is 0. The standard InChI is InChI=1S/C46H38N2O6/c49-42(28-31-24-26-32(27-25-31)44(51)52)41(47-45(53)54-30-40-38-22-12-10-20-36(38)37-21-11-13-23-39(37)40)29-43(50)48-46(33-14-4-1-5-15-33,34-16-6-2-7-17-34)35-18-8-3-9-19-35/h1-27,40-41H,28-30H2,(H,47,53)(H,48,50)(H,51,52)/t41-/m0/s1. The van der Waals surface area contributed by atoms with Crippen molar-refractivity contribution in [1.29, 1.82) is 0 Å². The van der Waals surface area contributed by atoms with Crippen LogP contribution in [0.25, 0.3) is 11.1 Å². The van der Waals surface area contributed by atoms with Gasteiger partial charge in [-0.2, -0.15) is 0 Å². The van der Waals surface area contributed by atoms with Crippen LogP contribution in [0.2, 0.25) is 0 Å². The highest BCUT2D eigenvalue weighted by molar-refractivity contribution is 5.94. The molecule has 54 heavy (non-hydrogen) atoms. The van der Waals surface area contributed by atoms with Gasteiger partial charge in [-0.05, 0) is 56.6 Å². The number of carboxylic acids is 1. The second-order valence-corrected chi connectivity index (χ2v) is 13.3. The molecule has 0 spiro atoms. The van der Waals surface area contributed by atoms with Gasteiger partial charge in [0.25, 0.3) is 0 Å². The van der Waals surface area contributed by atoms with E-state index in [0.717, 1.165) is 38.9 Å². The van der Waals surface area contributed by atoms with E-state index in [1.807, 2.05) is 140 Å². The number of carbonyl (C=O) groups excluding carboxylic acids is 3. The Bertz CT molecular complexity index is 2130. The van der Waals surface area contributed by atoms with E-state index in [9.17, 15) is 24.3 Å². The Kier molecular flexibility index (Phi) is 10.4. The van der Waals surface area contributed by atoms with Gasteiger partial charge in [-0.3, -0.25) is 9.59 Å². The molecule has 0 saturated heterocycles. The van der Waals surface area contributed by atoms with Crippen molar-refractivity contribution in [1.82, 2.24) is 10.6 Å². The maximum atomic E-state index is 14.4. The van der Waals surface area contributed by atoms with Crippen molar-refractivity contribution in [3.05, 3.63) is 203 Å². The van der Waals surface area contributed by atoms with Crippen molar-refractivity contribution >= 4 is 23.8 Å². The summed E-state index contributed by atoms with van der Waals surface area (Å²) in [5.41, 5.74) is 6.16. The number of carbonyl (C=O) groups is 4. The molecule has 0 saturated carbocycles. The first-order valence-corrected chi connectivity index (χ1v) is 17.8. The Hall–Kier alpha value is -6.80. The average Bonchev–Trinajstić information content (AvgIpc) is 3.53. The van der Waals surface area contributed by atoms with Crippen LogP contribution in [-0.2, 0) is 26.3 Å². The second kappa shape index (κ2) is 15.8. The number of rotatable bonds is 13. The van der Waals surface area contributed by atoms with Crippen LogP contribution in [0.1, 0.15) is 56.1 Å². The van der Waals surface area contributed by atoms with Crippen LogP contribution in [-0.4, -0.2) is 41.5 Å². The number of carboxylic acid groups (broad SMARTS) is 1. The lowest BCUT2D eigenvalue weighted by Crippen LogP contribution is -2.51. The normalized spacial score (nSPS) is 12.5. The molecule has 6 aromatic carbocycles. The number of Topliss-reactive ketones (excluding diaryl/α,β-unsaturated/α-hetero) is 1. The van der Waals surface area contributed by atoms with Crippen molar-refractivity contribution in [2.45, 2.75) is 30.3 Å². The predicted molar refractivity (Wildman–Crippen MR) is 206 cm³/mol. The molecule has 0 heterocycles. The van der Waals surface area contributed by atoms with E-state index in [2.05, 4.69) is 10.6 Å². The molecule has 0 aliphatic heterocycles. The zero-order valence-corrected chi connectivity index (χ0v) is 29.4. The summed E-state index contributed by atoms with van der Waals surface area (Å²) in [6.07, 6.45) is -1.36. The molecule has 8 heteroatoms. The molecule has 1 atom stereocenters. The molecule has 1 aliphatic carbocycles. The molecule has 8 nitrogen and oxygen atoms in total. The lowest BCUT2D eigenvalue weighted by Gasteiger charge is -2.37. The molecule has 0 radical (unpaired) electrons. The zero-order chi connectivity index (χ0) is 37.5. The van der Waals surface area contributed by atoms with Crippen molar-refractivity contribution in [2.24, 2.45) is 0 Å². The number of aromatic carboxylic acids is 1. The summed E-state index contributed by atoms with van der Waals surface area (Å²) in [6, 6.07) is 49.5. The molecular weight excluding hydrogens is 677 g/mol. The van der Waals surface area contributed by atoms with Crippen molar-refractivity contribution in [2.75, 3.05) is 6.61 Å². The summed E-state index contributed by atoms with van der Waals surface area (Å²) in [5.74, 6) is -2.20. The summed E-state index contributed by atoms with van der Waals surface area (Å²) < 4.78 is 5.80. The minimum atomic E-state index is -1.26. The Morgan fingerprint density at radius 1 is 0.611 bits per heavy atom. The van der Waals surface area contributed by atoms with Crippen LogP contribution in [0.5, 0.6) is 0 Å². The fraction of sp³-hybridized carbons (Fsp3) is 0.130. The Morgan fingerprint density at radius 2 is 1.07 bits per heavy atom. The van der Waals surface area contributed by atoms with Crippen molar-refractivity contribution in [3.63, 3.8) is 0 Å². The van der Waals surface area contributed by atoms with Crippen molar-refractivity contribution < 1.29 is 29.0 Å². The van der Waals surface area contributed by atoms with Gasteiger partial charge >= 0.3 is 12.1 Å². The highest BCUT2D eigenvalue weighted by Crippen LogP contribution is 2.44. The summed E-state index contributed by atoms with van der Waals surface area (Å²) in [4.78, 5) is 53.4. The van der Waals surface area contributed by atoms with E-state index >= 15 is 0 Å². The summed E-state index contributed by atoms with van der Waals surface area (Å²) >= 11 is 0.